The highest BCUT2D eigenvalue weighted by Gasteiger charge is 2.65. The molecule has 0 spiro atoms. The van der Waals surface area contributed by atoms with Crippen molar-refractivity contribution in [1.29, 1.82) is 5.26 Å². The van der Waals surface area contributed by atoms with Crippen molar-refractivity contribution in [3.8, 4) is 6.07 Å². The number of aliphatic hydroxyl groups is 1. The SMILES string of the molecule is C[C@@H]1C[C@H]2[C@@H]3CCC4=CC(=O)CC[C@]4(C)C3=CC[C@]2(C)[C@@]1(O)C#N. The smallest absolute Gasteiger partial charge is 0.159 e. The van der Waals surface area contributed by atoms with Gasteiger partial charge >= 0.3 is 0 Å². The topological polar surface area (TPSA) is 61.1 Å². The van der Waals surface area contributed by atoms with Crippen LogP contribution in [-0.2, 0) is 4.79 Å². The van der Waals surface area contributed by atoms with Crippen LogP contribution >= 0.6 is 0 Å². The minimum atomic E-state index is -1.22. The summed E-state index contributed by atoms with van der Waals surface area (Å²) in [5.41, 5.74) is 1.25. The van der Waals surface area contributed by atoms with E-state index in [-0.39, 0.29) is 22.5 Å². The van der Waals surface area contributed by atoms with Crippen LogP contribution in [0.4, 0.5) is 0 Å². The summed E-state index contributed by atoms with van der Waals surface area (Å²) in [5, 5.41) is 20.8. The molecule has 0 aromatic carbocycles. The molecule has 24 heavy (non-hydrogen) atoms. The maximum atomic E-state index is 11.9. The van der Waals surface area contributed by atoms with Crippen molar-refractivity contribution in [1.82, 2.24) is 0 Å². The highest BCUT2D eigenvalue weighted by atomic mass is 16.3. The highest BCUT2D eigenvalue weighted by molar-refractivity contribution is 5.92. The van der Waals surface area contributed by atoms with Crippen LogP contribution in [0.5, 0.6) is 0 Å². The number of fused-ring (bicyclic) bond motifs is 5. The number of rotatable bonds is 0. The van der Waals surface area contributed by atoms with Crippen LogP contribution in [0.25, 0.3) is 0 Å². The molecule has 0 aromatic rings. The maximum absolute atomic E-state index is 11.9. The Kier molecular flexibility index (Phi) is 3.23. The fourth-order valence-electron chi connectivity index (χ4n) is 6.44. The average Bonchev–Trinajstić information content (AvgIpc) is 2.76. The zero-order valence-electron chi connectivity index (χ0n) is 14.9. The minimum absolute atomic E-state index is 0.0166. The third-order valence-electron chi connectivity index (χ3n) is 8.09. The highest BCUT2D eigenvalue weighted by Crippen LogP contribution is 2.66. The van der Waals surface area contributed by atoms with Crippen LogP contribution in [0.2, 0.25) is 0 Å². The second-order valence-electron chi connectivity index (χ2n) is 9.02. The number of hydrogen-bond donors (Lipinski definition) is 1. The Morgan fingerprint density at radius 2 is 2.08 bits per heavy atom. The van der Waals surface area contributed by atoms with Crippen molar-refractivity contribution < 1.29 is 9.90 Å². The molecule has 0 unspecified atom stereocenters. The van der Waals surface area contributed by atoms with Gasteiger partial charge in [0.1, 0.15) is 0 Å². The zero-order chi connectivity index (χ0) is 17.3. The number of nitrogens with zero attached hydrogens (tertiary/aromatic N) is 1. The van der Waals surface area contributed by atoms with Gasteiger partial charge in [0.15, 0.2) is 11.4 Å². The van der Waals surface area contributed by atoms with Crippen LogP contribution in [0.3, 0.4) is 0 Å². The first-order valence-electron chi connectivity index (χ1n) is 9.34. The number of hydrogen-bond acceptors (Lipinski definition) is 3. The molecule has 2 saturated carbocycles. The summed E-state index contributed by atoms with van der Waals surface area (Å²) in [4.78, 5) is 11.9. The largest absolute Gasteiger partial charge is 0.374 e. The quantitative estimate of drug-likeness (QED) is 0.542. The zero-order valence-corrected chi connectivity index (χ0v) is 14.9. The lowest BCUT2D eigenvalue weighted by Crippen LogP contribution is -2.51. The lowest BCUT2D eigenvalue weighted by Gasteiger charge is -2.53. The van der Waals surface area contributed by atoms with Gasteiger partial charge in [-0.05, 0) is 55.9 Å². The second-order valence-corrected chi connectivity index (χ2v) is 9.02. The van der Waals surface area contributed by atoms with E-state index in [0.717, 1.165) is 32.1 Å². The van der Waals surface area contributed by atoms with Gasteiger partial charge in [0, 0.05) is 17.3 Å². The molecule has 2 fully saturated rings. The molecule has 0 amide bonds. The molecule has 0 saturated heterocycles. The van der Waals surface area contributed by atoms with E-state index in [1.54, 1.807) is 0 Å². The first kappa shape index (κ1) is 16.1. The van der Waals surface area contributed by atoms with E-state index in [2.05, 4.69) is 26.0 Å². The van der Waals surface area contributed by atoms with Crippen LogP contribution < -0.4 is 0 Å². The summed E-state index contributed by atoms with van der Waals surface area (Å²) in [7, 11) is 0. The van der Waals surface area contributed by atoms with Crippen LogP contribution in [-0.4, -0.2) is 16.5 Å². The molecule has 128 valence electrons. The molecule has 3 heteroatoms. The number of carbonyl (C=O) groups is 1. The Bertz CT molecular complexity index is 714. The van der Waals surface area contributed by atoms with Crippen molar-refractivity contribution in [2.75, 3.05) is 0 Å². The van der Waals surface area contributed by atoms with Gasteiger partial charge < -0.3 is 5.11 Å². The maximum Gasteiger partial charge on any atom is 0.159 e. The van der Waals surface area contributed by atoms with E-state index in [1.807, 2.05) is 13.0 Å². The molecule has 0 bridgehead atoms. The predicted octanol–water partition coefficient (Wildman–Crippen LogP) is 3.94. The third kappa shape index (κ3) is 1.73. The first-order chi connectivity index (χ1) is 11.3. The molecule has 0 heterocycles. The van der Waals surface area contributed by atoms with Crippen LogP contribution in [0, 0.1) is 39.9 Å². The molecule has 4 aliphatic rings. The number of allylic oxidation sites excluding steroid dienone is 4. The Balaban J connectivity index is 1.79. The molecule has 0 aliphatic heterocycles. The summed E-state index contributed by atoms with van der Waals surface area (Å²) >= 11 is 0. The van der Waals surface area contributed by atoms with Gasteiger partial charge in [0.05, 0.1) is 6.07 Å². The van der Waals surface area contributed by atoms with E-state index in [9.17, 15) is 15.2 Å². The Morgan fingerprint density at radius 3 is 2.79 bits per heavy atom. The lowest BCUT2D eigenvalue weighted by atomic mass is 9.51. The van der Waals surface area contributed by atoms with Crippen LogP contribution in [0.15, 0.2) is 23.3 Å². The number of nitriles is 1. The molecule has 0 aromatic heterocycles. The van der Waals surface area contributed by atoms with Crippen molar-refractivity contribution in [2.45, 2.75) is 64.9 Å². The van der Waals surface area contributed by atoms with Crippen LogP contribution in [0.1, 0.15) is 59.3 Å². The Labute approximate surface area is 144 Å². The summed E-state index contributed by atoms with van der Waals surface area (Å²) in [6, 6.07) is 2.27. The molecule has 1 N–H and O–H groups in total. The normalized spacial score (nSPS) is 50.1. The summed E-state index contributed by atoms with van der Waals surface area (Å²) in [5.74, 6) is 1.11. The molecule has 0 radical (unpaired) electrons. The van der Waals surface area contributed by atoms with Crippen molar-refractivity contribution >= 4 is 5.78 Å². The van der Waals surface area contributed by atoms with E-state index >= 15 is 0 Å². The van der Waals surface area contributed by atoms with Gasteiger partial charge in [-0.2, -0.15) is 5.26 Å². The van der Waals surface area contributed by atoms with Gasteiger partial charge in [-0.25, -0.2) is 0 Å². The Hall–Kier alpha value is -1.40. The van der Waals surface area contributed by atoms with Crippen molar-refractivity contribution in [3.05, 3.63) is 23.3 Å². The van der Waals surface area contributed by atoms with Gasteiger partial charge in [-0.15, -0.1) is 0 Å². The Morgan fingerprint density at radius 1 is 1.33 bits per heavy atom. The average molecular weight is 325 g/mol. The van der Waals surface area contributed by atoms with E-state index in [0.29, 0.717) is 18.3 Å². The molecule has 3 nitrogen and oxygen atoms in total. The summed E-state index contributed by atoms with van der Waals surface area (Å²) < 4.78 is 0. The van der Waals surface area contributed by atoms with Gasteiger partial charge in [0.2, 0.25) is 0 Å². The lowest BCUT2D eigenvalue weighted by molar-refractivity contribution is -0.115. The fraction of sp³-hybridized carbons (Fsp3) is 0.714. The van der Waals surface area contributed by atoms with E-state index < -0.39 is 5.60 Å². The molecule has 6 atom stereocenters. The minimum Gasteiger partial charge on any atom is -0.374 e. The van der Waals surface area contributed by atoms with Gasteiger partial charge in [0.25, 0.3) is 0 Å². The predicted molar refractivity (Wildman–Crippen MR) is 91.8 cm³/mol. The fourth-order valence-corrected chi connectivity index (χ4v) is 6.44. The first-order valence-corrected chi connectivity index (χ1v) is 9.34. The van der Waals surface area contributed by atoms with Gasteiger partial charge in [-0.3, -0.25) is 4.79 Å². The molecule has 4 rings (SSSR count). The number of ketones is 1. The molecular formula is C21H27NO2. The summed E-state index contributed by atoms with van der Waals surface area (Å²) in [6.07, 6.45) is 9.52. The standard InChI is InChI=1S/C21H27NO2/c1-13-10-18-16-5-4-14-11-15(23)6-8-19(14,2)17(16)7-9-20(18,3)21(13,24)12-22/h7,11,13,16,18,24H,4-6,8-10H2,1-3H3/t13-,16-,18+,19+,20+,21-/m1/s1. The van der Waals surface area contributed by atoms with Crippen molar-refractivity contribution in [2.24, 2.45) is 28.6 Å². The molecular weight excluding hydrogens is 298 g/mol. The third-order valence-corrected chi connectivity index (χ3v) is 8.09. The monoisotopic (exact) mass is 325 g/mol. The number of carbonyl (C=O) groups excluding carboxylic acids is 1. The van der Waals surface area contributed by atoms with E-state index in [4.69, 9.17) is 0 Å². The second kappa shape index (κ2) is 4.82. The molecule has 4 aliphatic carbocycles. The summed E-state index contributed by atoms with van der Waals surface area (Å²) in [6.45, 7) is 6.46. The van der Waals surface area contributed by atoms with Gasteiger partial charge in [-0.1, -0.05) is 38.0 Å². The van der Waals surface area contributed by atoms with E-state index in [1.165, 1.54) is 11.1 Å². The van der Waals surface area contributed by atoms with Crippen molar-refractivity contribution in [3.63, 3.8) is 0 Å².